The molecule has 0 aliphatic rings. The lowest BCUT2D eigenvalue weighted by Gasteiger charge is -2.17. The molecule has 0 spiro atoms. The van der Waals surface area contributed by atoms with Crippen LogP contribution in [0.25, 0.3) is 0 Å². The predicted molar refractivity (Wildman–Crippen MR) is 61.0 cm³/mol. The molecular weight excluding hydrogens is 190 g/mol. The van der Waals surface area contributed by atoms with Crippen LogP contribution in [0, 0.1) is 5.92 Å². The Morgan fingerprint density at radius 2 is 2.20 bits per heavy atom. The van der Waals surface area contributed by atoms with Crippen LogP contribution in [0.1, 0.15) is 20.8 Å². The summed E-state index contributed by atoms with van der Waals surface area (Å²) < 4.78 is 7.25. The summed E-state index contributed by atoms with van der Waals surface area (Å²) in [4.78, 5) is 0. The highest BCUT2D eigenvalue weighted by Gasteiger charge is 2.05. The first-order chi connectivity index (χ1) is 7.09. The van der Waals surface area contributed by atoms with Gasteiger partial charge in [-0.05, 0) is 12.8 Å². The van der Waals surface area contributed by atoms with Crippen LogP contribution >= 0.6 is 0 Å². The van der Waals surface area contributed by atoms with Gasteiger partial charge in [0.15, 0.2) is 5.75 Å². The van der Waals surface area contributed by atoms with Gasteiger partial charge in [-0.15, -0.1) is 0 Å². The van der Waals surface area contributed by atoms with Crippen molar-refractivity contribution in [3.8, 4) is 5.75 Å². The van der Waals surface area contributed by atoms with E-state index in [4.69, 9.17) is 4.74 Å². The van der Waals surface area contributed by atoms with E-state index in [0.29, 0.717) is 18.6 Å². The Morgan fingerprint density at radius 3 is 2.73 bits per heavy atom. The largest absolute Gasteiger partial charge is 0.489 e. The molecule has 0 amide bonds. The summed E-state index contributed by atoms with van der Waals surface area (Å²) in [5, 5.41) is 7.44. The van der Waals surface area contributed by atoms with Gasteiger partial charge in [0.1, 0.15) is 6.61 Å². The zero-order chi connectivity index (χ0) is 11.3. The van der Waals surface area contributed by atoms with E-state index >= 15 is 0 Å². The Balaban J connectivity index is 2.12. The minimum Gasteiger partial charge on any atom is -0.489 e. The fourth-order valence-corrected chi connectivity index (χ4v) is 1.16. The summed E-state index contributed by atoms with van der Waals surface area (Å²) in [5.41, 5.74) is 0. The van der Waals surface area contributed by atoms with E-state index in [2.05, 4.69) is 31.2 Å². The standard InChI is InChI=1S/C11H21N3O/c1-9(2)10(3)12-5-6-15-11-7-13-14(4)8-11/h7-10,12H,5-6H2,1-4H3. The first-order valence-electron chi connectivity index (χ1n) is 5.44. The molecule has 15 heavy (non-hydrogen) atoms. The van der Waals surface area contributed by atoms with Gasteiger partial charge < -0.3 is 10.1 Å². The predicted octanol–water partition coefficient (Wildman–Crippen LogP) is 1.43. The van der Waals surface area contributed by atoms with Crippen LogP contribution in [-0.2, 0) is 7.05 Å². The maximum Gasteiger partial charge on any atom is 0.157 e. The van der Waals surface area contributed by atoms with E-state index in [1.807, 2.05) is 13.2 Å². The molecule has 86 valence electrons. The van der Waals surface area contributed by atoms with Gasteiger partial charge in [-0.1, -0.05) is 13.8 Å². The number of nitrogens with zero attached hydrogens (tertiary/aromatic N) is 2. The Bertz CT molecular complexity index is 283. The molecule has 0 radical (unpaired) electrons. The van der Waals surface area contributed by atoms with Crippen molar-refractivity contribution in [2.24, 2.45) is 13.0 Å². The van der Waals surface area contributed by atoms with E-state index in [1.54, 1.807) is 10.9 Å². The number of aryl methyl sites for hydroxylation is 1. The first-order valence-corrected chi connectivity index (χ1v) is 5.44. The number of ether oxygens (including phenoxy) is 1. The second-order valence-electron chi connectivity index (χ2n) is 4.18. The molecule has 0 aromatic carbocycles. The normalized spacial score (nSPS) is 13.1. The fourth-order valence-electron chi connectivity index (χ4n) is 1.16. The second-order valence-corrected chi connectivity index (χ2v) is 4.18. The Kier molecular flexibility index (Phi) is 4.62. The summed E-state index contributed by atoms with van der Waals surface area (Å²) in [7, 11) is 1.88. The molecular formula is C11H21N3O. The molecule has 0 saturated carbocycles. The highest BCUT2D eigenvalue weighted by atomic mass is 16.5. The molecule has 4 nitrogen and oxygen atoms in total. The van der Waals surface area contributed by atoms with Gasteiger partial charge >= 0.3 is 0 Å². The molecule has 1 aromatic heterocycles. The maximum absolute atomic E-state index is 5.51. The van der Waals surface area contributed by atoms with E-state index < -0.39 is 0 Å². The van der Waals surface area contributed by atoms with Crippen molar-refractivity contribution in [3.63, 3.8) is 0 Å². The number of nitrogens with one attached hydrogen (secondary N) is 1. The average molecular weight is 211 g/mol. The van der Waals surface area contributed by atoms with Crippen molar-refractivity contribution in [2.45, 2.75) is 26.8 Å². The number of rotatable bonds is 6. The molecule has 0 aliphatic heterocycles. The zero-order valence-electron chi connectivity index (χ0n) is 10.0. The third kappa shape index (κ3) is 4.34. The van der Waals surface area contributed by atoms with Crippen molar-refractivity contribution in [2.75, 3.05) is 13.2 Å². The van der Waals surface area contributed by atoms with Crippen molar-refractivity contribution >= 4 is 0 Å². The summed E-state index contributed by atoms with van der Waals surface area (Å²) >= 11 is 0. The molecule has 0 bridgehead atoms. The molecule has 1 heterocycles. The Labute approximate surface area is 91.6 Å². The van der Waals surface area contributed by atoms with Crippen molar-refractivity contribution in [1.82, 2.24) is 15.1 Å². The lowest BCUT2D eigenvalue weighted by Crippen LogP contribution is -2.33. The lowest BCUT2D eigenvalue weighted by atomic mass is 10.1. The monoisotopic (exact) mass is 211 g/mol. The van der Waals surface area contributed by atoms with Crippen LogP contribution in [0.2, 0.25) is 0 Å². The highest BCUT2D eigenvalue weighted by molar-refractivity contribution is 5.11. The van der Waals surface area contributed by atoms with E-state index in [1.165, 1.54) is 0 Å². The number of aromatic nitrogens is 2. The van der Waals surface area contributed by atoms with Gasteiger partial charge in [0.2, 0.25) is 0 Å². The average Bonchev–Trinajstić information content (AvgIpc) is 2.58. The Hall–Kier alpha value is -1.03. The first kappa shape index (κ1) is 12.0. The van der Waals surface area contributed by atoms with Crippen LogP contribution in [0.4, 0.5) is 0 Å². The van der Waals surface area contributed by atoms with Crippen LogP contribution < -0.4 is 10.1 Å². The quantitative estimate of drug-likeness (QED) is 0.724. The third-order valence-corrected chi connectivity index (χ3v) is 2.52. The van der Waals surface area contributed by atoms with Gasteiger partial charge in [-0.25, -0.2) is 0 Å². The van der Waals surface area contributed by atoms with Gasteiger partial charge in [0.25, 0.3) is 0 Å². The van der Waals surface area contributed by atoms with Gasteiger partial charge in [0, 0.05) is 19.6 Å². The molecule has 1 rings (SSSR count). The van der Waals surface area contributed by atoms with Crippen molar-refractivity contribution in [1.29, 1.82) is 0 Å². The molecule has 1 aromatic rings. The fraction of sp³-hybridized carbons (Fsp3) is 0.727. The van der Waals surface area contributed by atoms with Crippen LogP contribution in [0.5, 0.6) is 5.75 Å². The Morgan fingerprint density at radius 1 is 1.47 bits per heavy atom. The van der Waals surface area contributed by atoms with Gasteiger partial charge in [-0.2, -0.15) is 5.10 Å². The van der Waals surface area contributed by atoms with E-state index in [9.17, 15) is 0 Å². The van der Waals surface area contributed by atoms with Gasteiger partial charge in [0.05, 0.1) is 12.4 Å². The van der Waals surface area contributed by atoms with Crippen LogP contribution in [-0.4, -0.2) is 29.0 Å². The summed E-state index contributed by atoms with van der Waals surface area (Å²) in [6.07, 6.45) is 3.59. The molecule has 1 N–H and O–H groups in total. The third-order valence-electron chi connectivity index (χ3n) is 2.52. The number of hydrogen-bond donors (Lipinski definition) is 1. The van der Waals surface area contributed by atoms with Gasteiger partial charge in [-0.3, -0.25) is 4.68 Å². The van der Waals surface area contributed by atoms with E-state index in [0.717, 1.165) is 12.3 Å². The summed E-state index contributed by atoms with van der Waals surface area (Å²) in [5.74, 6) is 1.49. The number of hydrogen-bond acceptors (Lipinski definition) is 3. The van der Waals surface area contributed by atoms with Crippen molar-refractivity contribution in [3.05, 3.63) is 12.4 Å². The lowest BCUT2D eigenvalue weighted by molar-refractivity contribution is 0.296. The van der Waals surface area contributed by atoms with E-state index in [-0.39, 0.29) is 0 Å². The molecule has 1 atom stereocenters. The minimum atomic E-state index is 0.530. The zero-order valence-corrected chi connectivity index (χ0v) is 10.0. The van der Waals surface area contributed by atoms with Crippen LogP contribution in [0.3, 0.4) is 0 Å². The van der Waals surface area contributed by atoms with Crippen molar-refractivity contribution < 1.29 is 4.74 Å². The van der Waals surface area contributed by atoms with Crippen LogP contribution in [0.15, 0.2) is 12.4 Å². The maximum atomic E-state index is 5.51. The molecule has 0 fully saturated rings. The molecule has 1 unspecified atom stereocenters. The molecule has 0 aliphatic carbocycles. The summed E-state index contributed by atoms with van der Waals surface area (Å²) in [6, 6.07) is 0.530. The molecule has 0 saturated heterocycles. The second kappa shape index (κ2) is 5.75. The highest BCUT2D eigenvalue weighted by Crippen LogP contribution is 2.06. The molecule has 4 heteroatoms. The topological polar surface area (TPSA) is 39.1 Å². The SMILES string of the molecule is CC(C)C(C)NCCOc1cnn(C)c1. The summed E-state index contributed by atoms with van der Waals surface area (Å²) in [6.45, 7) is 8.16. The smallest absolute Gasteiger partial charge is 0.157 e. The minimum absolute atomic E-state index is 0.530.